The molecule has 1 fully saturated rings. The van der Waals surface area contributed by atoms with Crippen LogP contribution in [0.15, 0.2) is 42.9 Å². The molecular formula is C15H15N3O2S. The van der Waals surface area contributed by atoms with Gasteiger partial charge >= 0.3 is 0 Å². The van der Waals surface area contributed by atoms with E-state index in [1.807, 2.05) is 11.8 Å². The van der Waals surface area contributed by atoms with Crippen LogP contribution in [0.1, 0.15) is 16.8 Å². The van der Waals surface area contributed by atoms with Crippen molar-refractivity contribution in [2.24, 2.45) is 0 Å². The highest BCUT2D eigenvalue weighted by atomic mass is 32.2. The minimum absolute atomic E-state index is 0.134. The molecule has 0 aliphatic carbocycles. The van der Waals surface area contributed by atoms with Crippen molar-refractivity contribution in [2.75, 3.05) is 16.8 Å². The molecule has 0 saturated carbocycles. The summed E-state index contributed by atoms with van der Waals surface area (Å²) >= 11 is 1.86. The Balaban J connectivity index is 1.76. The van der Waals surface area contributed by atoms with Crippen LogP contribution in [0.3, 0.4) is 0 Å². The molecule has 1 atom stereocenters. The molecular weight excluding hydrogens is 286 g/mol. The van der Waals surface area contributed by atoms with Gasteiger partial charge in [0.25, 0.3) is 5.91 Å². The predicted molar refractivity (Wildman–Crippen MR) is 82.8 cm³/mol. The van der Waals surface area contributed by atoms with Gasteiger partial charge in [-0.05, 0) is 36.4 Å². The van der Waals surface area contributed by atoms with E-state index in [1.54, 1.807) is 42.9 Å². The second-order valence-corrected chi connectivity index (χ2v) is 5.81. The van der Waals surface area contributed by atoms with Gasteiger partial charge in [-0.25, -0.2) is 4.98 Å². The second-order valence-electron chi connectivity index (χ2n) is 4.66. The first-order valence-corrected chi connectivity index (χ1v) is 7.89. The summed E-state index contributed by atoms with van der Waals surface area (Å²) in [5.41, 5.74) is 1.09. The standard InChI is InChI=1S/C15H15N3O2S/c19-14(18-11-3-1-6-16-9-11)13-4-2-7-17-15(13)20-12-5-8-21-10-12/h1-4,6-7,9,12H,5,8,10H2,(H,18,19). The number of nitrogens with zero attached hydrogens (tertiary/aromatic N) is 2. The smallest absolute Gasteiger partial charge is 0.261 e. The maximum atomic E-state index is 12.3. The Hall–Kier alpha value is -2.08. The van der Waals surface area contributed by atoms with E-state index in [2.05, 4.69) is 15.3 Å². The number of anilines is 1. The lowest BCUT2D eigenvalue weighted by molar-refractivity contribution is 0.101. The van der Waals surface area contributed by atoms with Crippen LogP contribution in [-0.4, -0.2) is 33.5 Å². The quantitative estimate of drug-likeness (QED) is 0.940. The normalized spacial score (nSPS) is 17.4. The van der Waals surface area contributed by atoms with Crippen LogP contribution >= 0.6 is 11.8 Å². The SMILES string of the molecule is O=C(Nc1cccnc1)c1cccnc1OC1CCSC1. The molecule has 1 unspecified atom stereocenters. The first-order chi connectivity index (χ1) is 10.3. The van der Waals surface area contributed by atoms with Crippen LogP contribution in [-0.2, 0) is 0 Å². The highest BCUT2D eigenvalue weighted by molar-refractivity contribution is 7.99. The average Bonchev–Trinajstić information content (AvgIpc) is 3.02. The van der Waals surface area contributed by atoms with E-state index in [4.69, 9.17) is 4.74 Å². The first-order valence-electron chi connectivity index (χ1n) is 6.74. The fourth-order valence-electron chi connectivity index (χ4n) is 2.06. The maximum absolute atomic E-state index is 12.3. The topological polar surface area (TPSA) is 64.1 Å². The molecule has 2 aromatic rings. The van der Waals surface area contributed by atoms with Gasteiger partial charge in [0, 0.05) is 18.1 Å². The van der Waals surface area contributed by atoms with E-state index in [-0.39, 0.29) is 12.0 Å². The average molecular weight is 301 g/mol. The molecule has 6 heteroatoms. The molecule has 21 heavy (non-hydrogen) atoms. The number of carbonyl (C=O) groups excluding carboxylic acids is 1. The molecule has 5 nitrogen and oxygen atoms in total. The van der Waals surface area contributed by atoms with Gasteiger partial charge < -0.3 is 10.1 Å². The van der Waals surface area contributed by atoms with Crippen molar-refractivity contribution in [2.45, 2.75) is 12.5 Å². The summed E-state index contributed by atoms with van der Waals surface area (Å²) in [5, 5.41) is 2.80. The number of hydrogen-bond donors (Lipinski definition) is 1. The fourth-order valence-corrected chi connectivity index (χ4v) is 3.15. The number of rotatable bonds is 4. The van der Waals surface area contributed by atoms with Crippen LogP contribution in [0.2, 0.25) is 0 Å². The van der Waals surface area contributed by atoms with Gasteiger partial charge in [0.15, 0.2) is 0 Å². The minimum atomic E-state index is -0.239. The van der Waals surface area contributed by atoms with Crippen molar-refractivity contribution in [3.05, 3.63) is 48.4 Å². The number of amides is 1. The second kappa shape index (κ2) is 6.58. The van der Waals surface area contributed by atoms with E-state index in [0.717, 1.165) is 17.9 Å². The molecule has 1 amide bonds. The van der Waals surface area contributed by atoms with Gasteiger partial charge in [-0.3, -0.25) is 9.78 Å². The Bertz CT molecular complexity index is 615. The molecule has 3 heterocycles. The monoisotopic (exact) mass is 301 g/mol. The summed E-state index contributed by atoms with van der Waals surface area (Å²) in [6.45, 7) is 0. The van der Waals surface area contributed by atoms with Crippen molar-refractivity contribution in [3.63, 3.8) is 0 Å². The number of aromatic nitrogens is 2. The third-order valence-corrected chi connectivity index (χ3v) is 4.23. The van der Waals surface area contributed by atoms with Gasteiger partial charge in [-0.2, -0.15) is 11.8 Å². The Morgan fingerprint density at radius 1 is 1.33 bits per heavy atom. The van der Waals surface area contributed by atoms with E-state index in [9.17, 15) is 4.79 Å². The van der Waals surface area contributed by atoms with Crippen LogP contribution in [0.5, 0.6) is 5.88 Å². The number of thioether (sulfide) groups is 1. The zero-order valence-electron chi connectivity index (χ0n) is 11.4. The van der Waals surface area contributed by atoms with Crippen molar-refractivity contribution in [1.29, 1.82) is 0 Å². The molecule has 0 radical (unpaired) electrons. The molecule has 1 N–H and O–H groups in total. The summed E-state index contributed by atoms with van der Waals surface area (Å²) < 4.78 is 5.86. The zero-order chi connectivity index (χ0) is 14.5. The van der Waals surface area contributed by atoms with Crippen LogP contribution in [0.25, 0.3) is 0 Å². The summed E-state index contributed by atoms with van der Waals surface area (Å²) in [4.78, 5) is 20.5. The largest absolute Gasteiger partial charge is 0.473 e. The minimum Gasteiger partial charge on any atom is -0.473 e. The van der Waals surface area contributed by atoms with E-state index in [0.29, 0.717) is 17.1 Å². The van der Waals surface area contributed by atoms with Crippen LogP contribution < -0.4 is 10.1 Å². The number of ether oxygens (including phenoxy) is 1. The zero-order valence-corrected chi connectivity index (χ0v) is 12.2. The number of pyridine rings is 2. The van der Waals surface area contributed by atoms with E-state index < -0.39 is 0 Å². The lowest BCUT2D eigenvalue weighted by Gasteiger charge is -2.14. The van der Waals surface area contributed by atoms with Crippen LogP contribution in [0.4, 0.5) is 5.69 Å². The van der Waals surface area contributed by atoms with Gasteiger partial charge in [0.2, 0.25) is 5.88 Å². The summed E-state index contributed by atoms with van der Waals surface area (Å²) in [6, 6.07) is 7.01. The van der Waals surface area contributed by atoms with Crippen LogP contribution in [0, 0.1) is 0 Å². The predicted octanol–water partition coefficient (Wildman–Crippen LogP) is 2.61. The Labute approximate surface area is 127 Å². The van der Waals surface area contributed by atoms with Crippen molar-refractivity contribution in [1.82, 2.24) is 9.97 Å². The lowest BCUT2D eigenvalue weighted by atomic mass is 10.2. The number of carbonyl (C=O) groups is 1. The Morgan fingerprint density at radius 3 is 3.00 bits per heavy atom. The molecule has 1 aliphatic rings. The van der Waals surface area contributed by atoms with Crippen molar-refractivity contribution < 1.29 is 9.53 Å². The van der Waals surface area contributed by atoms with Crippen molar-refractivity contribution >= 4 is 23.4 Å². The molecule has 0 bridgehead atoms. The van der Waals surface area contributed by atoms with E-state index in [1.165, 1.54) is 0 Å². The highest BCUT2D eigenvalue weighted by Crippen LogP contribution is 2.24. The summed E-state index contributed by atoms with van der Waals surface area (Å²) in [5.74, 6) is 2.19. The first kappa shape index (κ1) is 13.9. The van der Waals surface area contributed by atoms with Gasteiger partial charge in [0.1, 0.15) is 11.7 Å². The molecule has 3 rings (SSSR count). The molecule has 1 aliphatic heterocycles. The van der Waals surface area contributed by atoms with E-state index >= 15 is 0 Å². The molecule has 0 spiro atoms. The summed E-state index contributed by atoms with van der Waals surface area (Å²) in [6.07, 6.45) is 6.02. The van der Waals surface area contributed by atoms with Gasteiger partial charge in [0.05, 0.1) is 11.9 Å². The lowest BCUT2D eigenvalue weighted by Crippen LogP contribution is -2.20. The van der Waals surface area contributed by atoms with Gasteiger partial charge in [-0.15, -0.1) is 0 Å². The summed E-state index contributed by atoms with van der Waals surface area (Å²) in [7, 11) is 0. The molecule has 2 aromatic heterocycles. The fraction of sp³-hybridized carbons (Fsp3) is 0.267. The molecule has 0 aromatic carbocycles. The third kappa shape index (κ3) is 3.52. The number of hydrogen-bond acceptors (Lipinski definition) is 5. The van der Waals surface area contributed by atoms with Gasteiger partial charge in [-0.1, -0.05) is 0 Å². The maximum Gasteiger partial charge on any atom is 0.261 e. The third-order valence-electron chi connectivity index (χ3n) is 3.10. The Kier molecular flexibility index (Phi) is 4.35. The molecule has 1 saturated heterocycles. The highest BCUT2D eigenvalue weighted by Gasteiger charge is 2.21. The number of nitrogens with one attached hydrogen (secondary N) is 1. The Morgan fingerprint density at radius 2 is 2.24 bits per heavy atom. The van der Waals surface area contributed by atoms with Crippen molar-refractivity contribution in [3.8, 4) is 5.88 Å². The molecule has 108 valence electrons.